The number of aryl methyl sites for hydroxylation is 1. The van der Waals surface area contributed by atoms with Crippen molar-refractivity contribution in [1.82, 2.24) is 0 Å². The molecule has 180 valence electrons. The number of phenolic OH excluding ortho intramolecular Hbond substituents is 2. The fourth-order valence-corrected chi connectivity index (χ4v) is 4.68. The smallest absolute Gasteiger partial charge is 0.331 e. The van der Waals surface area contributed by atoms with Crippen LogP contribution in [0.4, 0.5) is 0 Å². The lowest BCUT2D eigenvalue weighted by Gasteiger charge is -2.44. The summed E-state index contributed by atoms with van der Waals surface area (Å²) in [7, 11) is 0. The van der Waals surface area contributed by atoms with Crippen LogP contribution in [0.3, 0.4) is 0 Å². The van der Waals surface area contributed by atoms with Crippen molar-refractivity contribution in [2.45, 2.75) is 57.4 Å². The Labute approximate surface area is 195 Å². The van der Waals surface area contributed by atoms with Gasteiger partial charge in [-0.3, -0.25) is 4.79 Å². The number of phenols is 2. The molecule has 5 N–H and O–H groups in total. The minimum atomic E-state index is -1.79. The Kier molecular flexibility index (Phi) is 6.22. The van der Waals surface area contributed by atoms with Crippen LogP contribution in [-0.4, -0.2) is 68.0 Å². The summed E-state index contributed by atoms with van der Waals surface area (Å²) in [5.41, 5.74) is 1.73. The number of carbonyl (C=O) groups excluding carboxylic acids is 2. The van der Waals surface area contributed by atoms with Crippen molar-refractivity contribution in [1.29, 1.82) is 0 Å². The van der Waals surface area contributed by atoms with Gasteiger partial charge in [0.05, 0.1) is 11.1 Å². The van der Waals surface area contributed by atoms with Crippen molar-refractivity contribution in [3.8, 4) is 11.5 Å². The van der Waals surface area contributed by atoms with Crippen molar-refractivity contribution < 1.29 is 44.6 Å². The van der Waals surface area contributed by atoms with E-state index in [1.807, 2.05) is 0 Å². The van der Waals surface area contributed by atoms with Gasteiger partial charge in [0, 0.05) is 12.0 Å². The Morgan fingerprint density at radius 1 is 1.00 bits per heavy atom. The first-order valence-corrected chi connectivity index (χ1v) is 10.8. The van der Waals surface area contributed by atoms with Gasteiger partial charge in [-0.15, -0.1) is 0 Å². The molecule has 0 unspecified atom stereocenters. The molecule has 9 heteroatoms. The molecule has 0 saturated carbocycles. The number of ketones is 1. The van der Waals surface area contributed by atoms with Crippen LogP contribution >= 0.6 is 0 Å². The second kappa shape index (κ2) is 8.84. The van der Waals surface area contributed by atoms with Crippen LogP contribution in [0.1, 0.15) is 52.4 Å². The number of allylic oxidation sites excluding steroid dienone is 1. The van der Waals surface area contributed by atoms with Crippen molar-refractivity contribution in [2.75, 3.05) is 0 Å². The Hall–Kier alpha value is -3.24. The second-order valence-corrected chi connectivity index (χ2v) is 8.89. The highest BCUT2D eigenvalue weighted by Crippen LogP contribution is 2.47. The summed E-state index contributed by atoms with van der Waals surface area (Å²) in [6.07, 6.45) is -6.87. The topological polar surface area (TPSA) is 154 Å². The zero-order valence-electron chi connectivity index (χ0n) is 18.8. The Balaban J connectivity index is 1.79. The number of aromatic hydroxyl groups is 2. The van der Waals surface area contributed by atoms with E-state index in [1.54, 1.807) is 32.9 Å². The van der Waals surface area contributed by atoms with Crippen molar-refractivity contribution >= 4 is 11.8 Å². The molecule has 1 heterocycles. The molecule has 1 aliphatic heterocycles. The van der Waals surface area contributed by atoms with E-state index in [-0.39, 0.29) is 22.6 Å². The third-order valence-corrected chi connectivity index (χ3v) is 6.08. The average molecular weight is 470 g/mol. The van der Waals surface area contributed by atoms with Gasteiger partial charge in [0.15, 0.2) is 12.4 Å². The molecule has 1 fully saturated rings. The van der Waals surface area contributed by atoms with Crippen LogP contribution in [-0.2, 0) is 14.3 Å². The predicted molar refractivity (Wildman–Crippen MR) is 118 cm³/mol. The van der Waals surface area contributed by atoms with Crippen LogP contribution in [0.2, 0.25) is 0 Å². The summed E-state index contributed by atoms with van der Waals surface area (Å²) < 4.78 is 10.8. The Bertz CT molecular complexity index is 1180. The normalized spacial score (nSPS) is 28.0. The molecule has 2 aliphatic rings. The third-order valence-electron chi connectivity index (χ3n) is 6.08. The average Bonchev–Trinajstić information content (AvgIpc) is 2.73. The minimum Gasteiger partial charge on any atom is -0.507 e. The molecule has 2 aromatic carbocycles. The molecule has 0 radical (unpaired) electrons. The summed E-state index contributed by atoms with van der Waals surface area (Å²) >= 11 is 0. The van der Waals surface area contributed by atoms with Gasteiger partial charge >= 0.3 is 5.97 Å². The van der Waals surface area contributed by atoms with Crippen LogP contribution in [0.15, 0.2) is 42.0 Å². The molecular formula is C25H26O9. The van der Waals surface area contributed by atoms with E-state index >= 15 is 0 Å². The quantitative estimate of drug-likeness (QED) is 0.331. The van der Waals surface area contributed by atoms with Gasteiger partial charge in [-0.2, -0.15) is 0 Å². The minimum absolute atomic E-state index is 0.0681. The number of hydrogen-bond acceptors (Lipinski definition) is 9. The number of carbonyl (C=O) groups is 2. The van der Waals surface area contributed by atoms with Crippen LogP contribution < -0.4 is 0 Å². The van der Waals surface area contributed by atoms with Crippen LogP contribution in [0.5, 0.6) is 11.5 Å². The molecule has 34 heavy (non-hydrogen) atoms. The SMILES string of the molecule is CC(C)=CC(=O)O[C@@H]1[C@H](O)[C@@H](O)[C@H]([C@H]2c3cccc(O)c3C(=O)c3c(O)cc(C)cc32)O[C@H]1O. The van der Waals surface area contributed by atoms with E-state index in [9.17, 15) is 35.1 Å². The summed E-state index contributed by atoms with van der Waals surface area (Å²) in [6.45, 7) is 5.05. The maximum Gasteiger partial charge on any atom is 0.331 e. The molecule has 9 nitrogen and oxygen atoms in total. The van der Waals surface area contributed by atoms with Crippen LogP contribution in [0, 0.1) is 6.92 Å². The third kappa shape index (κ3) is 3.97. The van der Waals surface area contributed by atoms with Crippen molar-refractivity contribution in [2.24, 2.45) is 0 Å². The molecular weight excluding hydrogens is 444 g/mol. The number of benzene rings is 2. The summed E-state index contributed by atoms with van der Waals surface area (Å²) in [4.78, 5) is 25.2. The van der Waals surface area contributed by atoms with Crippen LogP contribution in [0.25, 0.3) is 0 Å². The molecule has 0 bridgehead atoms. The molecule has 0 spiro atoms. The van der Waals surface area contributed by atoms with Crippen molar-refractivity contribution in [3.63, 3.8) is 0 Å². The van der Waals surface area contributed by atoms with E-state index in [4.69, 9.17) is 9.47 Å². The first-order valence-electron chi connectivity index (χ1n) is 10.8. The second-order valence-electron chi connectivity index (χ2n) is 8.89. The van der Waals surface area contributed by atoms with E-state index in [1.165, 1.54) is 24.3 Å². The monoisotopic (exact) mass is 470 g/mol. The van der Waals surface area contributed by atoms with Gasteiger partial charge in [-0.25, -0.2) is 4.79 Å². The highest BCUT2D eigenvalue weighted by atomic mass is 16.7. The lowest BCUT2D eigenvalue weighted by molar-refractivity contribution is -0.287. The first kappa shape index (κ1) is 23.9. The van der Waals surface area contributed by atoms with Gasteiger partial charge in [-0.1, -0.05) is 23.8 Å². The number of ether oxygens (including phenoxy) is 2. The number of hydrogen-bond donors (Lipinski definition) is 5. The molecule has 6 atom stereocenters. The lowest BCUT2D eigenvalue weighted by atomic mass is 9.71. The molecule has 1 saturated heterocycles. The highest BCUT2D eigenvalue weighted by Gasteiger charge is 2.51. The maximum atomic E-state index is 13.2. The largest absolute Gasteiger partial charge is 0.507 e. The van der Waals surface area contributed by atoms with E-state index in [2.05, 4.69) is 0 Å². The molecule has 4 rings (SSSR count). The predicted octanol–water partition coefficient (Wildman–Crippen LogP) is 1.40. The Morgan fingerprint density at radius 3 is 2.35 bits per heavy atom. The fraction of sp³-hybridized carbons (Fsp3) is 0.360. The number of aliphatic hydroxyl groups is 3. The van der Waals surface area contributed by atoms with Gasteiger partial charge in [0.2, 0.25) is 5.78 Å². The zero-order chi connectivity index (χ0) is 24.9. The summed E-state index contributed by atoms with van der Waals surface area (Å²) in [5, 5.41) is 53.3. The number of aliphatic hydroxyl groups excluding tert-OH is 3. The van der Waals surface area contributed by atoms with E-state index in [0.29, 0.717) is 22.3 Å². The van der Waals surface area contributed by atoms with Gasteiger partial charge in [0.1, 0.15) is 29.8 Å². The van der Waals surface area contributed by atoms with Gasteiger partial charge < -0.3 is 35.0 Å². The molecule has 1 aliphatic carbocycles. The summed E-state index contributed by atoms with van der Waals surface area (Å²) in [6, 6.07) is 7.45. The van der Waals surface area contributed by atoms with Gasteiger partial charge in [-0.05, 0) is 49.6 Å². The van der Waals surface area contributed by atoms with E-state index < -0.39 is 48.4 Å². The number of rotatable bonds is 3. The Morgan fingerprint density at radius 2 is 1.68 bits per heavy atom. The van der Waals surface area contributed by atoms with Gasteiger partial charge in [0.25, 0.3) is 0 Å². The number of esters is 1. The fourth-order valence-electron chi connectivity index (χ4n) is 4.68. The molecule has 2 aromatic rings. The van der Waals surface area contributed by atoms with Crippen molar-refractivity contribution in [3.05, 3.63) is 69.8 Å². The molecule has 0 amide bonds. The highest BCUT2D eigenvalue weighted by molar-refractivity contribution is 6.16. The first-order chi connectivity index (χ1) is 16.0. The number of fused-ring (bicyclic) bond motifs is 2. The molecule has 0 aromatic heterocycles. The van der Waals surface area contributed by atoms with E-state index in [0.717, 1.165) is 0 Å². The maximum absolute atomic E-state index is 13.2. The zero-order valence-corrected chi connectivity index (χ0v) is 18.8. The standard InChI is InChI=1S/C25H26O9/c1-10(2)7-16(28)33-24-22(31)21(30)23(34-25(24)32)17-12-5-4-6-14(26)18(12)20(29)19-13(17)8-11(3)9-15(19)27/h4-9,17,21-27,30-32H,1-3H3/t17-,21+,22+,23-,24+,25+/m0/s1. The summed E-state index contributed by atoms with van der Waals surface area (Å²) in [5.74, 6) is -3.00. The lowest BCUT2D eigenvalue weighted by Crippen LogP contribution is -2.60.